The molecule has 166 valence electrons. The average Bonchev–Trinajstić information content (AvgIpc) is 2.81. The number of nitrogens with zero attached hydrogens (tertiary/aromatic N) is 5. The van der Waals surface area contributed by atoms with Gasteiger partial charge in [-0.05, 0) is 30.7 Å². The molecule has 4 rings (SSSR count). The summed E-state index contributed by atoms with van der Waals surface area (Å²) in [4.78, 5) is 15.9. The molecule has 1 aromatic heterocycles. The molecule has 2 aromatic rings. The summed E-state index contributed by atoms with van der Waals surface area (Å²) in [6.45, 7) is 8.66. The number of benzene rings is 1. The second-order valence-electron chi connectivity index (χ2n) is 8.02. The Bertz CT molecular complexity index is 880. The fraction of sp³-hybridized carbons (Fsp3) is 0.478. The Balaban J connectivity index is 1.28. The van der Waals surface area contributed by atoms with Crippen LogP contribution in [0.1, 0.15) is 12.5 Å². The zero-order valence-electron chi connectivity index (χ0n) is 18.4. The van der Waals surface area contributed by atoms with Gasteiger partial charge in [0, 0.05) is 59.1 Å². The fourth-order valence-electron chi connectivity index (χ4n) is 4.14. The molecule has 0 aliphatic carbocycles. The Labute approximate surface area is 184 Å². The number of aromatic nitrogens is 1. The van der Waals surface area contributed by atoms with Gasteiger partial charge in [-0.3, -0.25) is 4.99 Å². The number of nitrogens with one attached hydrogen (secondary N) is 1. The Morgan fingerprint density at radius 2 is 1.94 bits per heavy atom. The van der Waals surface area contributed by atoms with Crippen LogP contribution in [0.5, 0.6) is 5.75 Å². The zero-order chi connectivity index (χ0) is 21.6. The first-order chi connectivity index (χ1) is 15.1. The van der Waals surface area contributed by atoms with Crippen LogP contribution in [0.2, 0.25) is 0 Å². The van der Waals surface area contributed by atoms with E-state index < -0.39 is 0 Å². The summed E-state index contributed by atoms with van der Waals surface area (Å²) in [5.41, 5.74) is 2.02. The van der Waals surface area contributed by atoms with Crippen LogP contribution < -0.4 is 15.1 Å². The van der Waals surface area contributed by atoms with Crippen LogP contribution >= 0.6 is 0 Å². The number of morpholine rings is 1. The number of aromatic hydroxyl groups is 1. The van der Waals surface area contributed by atoms with Crippen molar-refractivity contribution in [1.29, 1.82) is 0 Å². The van der Waals surface area contributed by atoms with E-state index in [1.165, 1.54) is 0 Å². The molecule has 2 saturated heterocycles. The minimum absolute atomic E-state index is 0.242. The minimum Gasteiger partial charge on any atom is -0.506 e. The van der Waals surface area contributed by atoms with Gasteiger partial charge < -0.3 is 29.9 Å². The highest BCUT2D eigenvalue weighted by molar-refractivity contribution is 5.80. The van der Waals surface area contributed by atoms with E-state index in [0.717, 1.165) is 68.9 Å². The highest BCUT2D eigenvalue weighted by Gasteiger charge is 2.21. The third kappa shape index (κ3) is 5.19. The number of anilines is 2. The predicted molar refractivity (Wildman–Crippen MR) is 124 cm³/mol. The van der Waals surface area contributed by atoms with Crippen LogP contribution in [-0.2, 0) is 11.3 Å². The Morgan fingerprint density at radius 3 is 2.61 bits per heavy atom. The quantitative estimate of drug-likeness (QED) is 0.574. The molecule has 2 fully saturated rings. The molecule has 1 aromatic carbocycles. The lowest BCUT2D eigenvalue weighted by atomic mass is 10.2. The predicted octanol–water partition coefficient (Wildman–Crippen LogP) is 1.91. The molecule has 8 nitrogen and oxygen atoms in total. The lowest BCUT2D eigenvalue weighted by Gasteiger charge is -2.37. The number of hydrogen-bond acceptors (Lipinski definition) is 6. The first kappa shape index (κ1) is 21.2. The zero-order valence-corrected chi connectivity index (χ0v) is 18.4. The summed E-state index contributed by atoms with van der Waals surface area (Å²) in [5.74, 6) is 2.23. The van der Waals surface area contributed by atoms with Crippen LogP contribution in [0.4, 0.5) is 11.5 Å². The van der Waals surface area contributed by atoms with Crippen molar-refractivity contribution in [2.75, 3.05) is 62.7 Å². The van der Waals surface area contributed by atoms with Gasteiger partial charge in [-0.15, -0.1) is 0 Å². The fourth-order valence-corrected chi connectivity index (χ4v) is 4.14. The van der Waals surface area contributed by atoms with E-state index in [9.17, 15) is 5.11 Å². The van der Waals surface area contributed by atoms with Crippen molar-refractivity contribution in [2.24, 2.45) is 4.99 Å². The highest BCUT2D eigenvalue weighted by Crippen LogP contribution is 2.27. The second kappa shape index (κ2) is 9.87. The number of phenols is 1. The summed E-state index contributed by atoms with van der Waals surface area (Å²) in [7, 11) is 1.82. The van der Waals surface area contributed by atoms with Crippen molar-refractivity contribution >= 4 is 17.5 Å². The maximum Gasteiger partial charge on any atom is 0.194 e. The van der Waals surface area contributed by atoms with Gasteiger partial charge in [-0.25, -0.2) is 4.98 Å². The van der Waals surface area contributed by atoms with E-state index in [-0.39, 0.29) is 6.10 Å². The number of piperazine rings is 1. The monoisotopic (exact) mass is 424 g/mol. The molecule has 1 atom stereocenters. The standard InChI is InChI=1S/C23H32N6O2/c1-18-17-29(13-14-31-18)22-8-7-19(15-25-22)16-26-23(24-2)28-11-9-27(10-12-28)20-5-3-4-6-21(20)30/h3-8,15,18,30H,9-14,16-17H2,1-2H3,(H,24,26). The smallest absolute Gasteiger partial charge is 0.194 e. The molecular weight excluding hydrogens is 392 g/mol. The Hall–Kier alpha value is -3.00. The normalized spacial score (nSPS) is 20.1. The number of phenolic OH excluding ortho intramolecular Hbond substituents is 1. The van der Waals surface area contributed by atoms with Crippen LogP contribution in [0.3, 0.4) is 0 Å². The number of rotatable bonds is 4. The maximum absolute atomic E-state index is 10.1. The molecule has 2 aliphatic rings. The first-order valence-electron chi connectivity index (χ1n) is 10.9. The van der Waals surface area contributed by atoms with Crippen LogP contribution in [0.25, 0.3) is 0 Å². The van der Waals surface area contributed by atoms with E-state index in [0.29, 0.717) is 12.3 Å². The van der Waals surface area contributed by atoms with Gasteiger partial charge in [0.25, 0.3) is 0 Å². The molecule has 8 heteroatoms. The van der Waals surface area contributed by atoms with Crippen molar-refractivity contribution in [1.82, 2.24) is 15.2 Å². The lowest BCUT2D eigenvalue weighted by molar-refractivity contribution is 0.0529. The average molecular weight is 425 g/mol. The van der Waals surface area contributed by atoms with E-state index >= 15 is 0 Å². The highest BCUT2D eigenvalue weighted by atomic mass is 16.5. The molecular formula is C23H32N6O2. The minimum atomic E-state index is 0.242. The molecule has 0 bridgehead atoms. The van der Waals surface area contributed by atoms with E-state index in [1.807, 2.05) is 31.4 Å². The molecule has 0 spiro atoms. The van der Waals surface area contributed by atoms with Crippen molar-refractivity contribution in [3.8, 4) is 5.75 Å². The van der Waals surface area contributed by atoms with Crippen LogP contribution in [0, 0.1) is 0 Å². The summed E-state index contributed by atoms with van der Waals surface area (Å²) < 4.78 is 5.61. The third-order valence-corrected chi connectivity index (χ3v) is 5.84. The number of para-hydroxylation sites is 2. The van der Waals surface area contributed by atoms with Gasteiger partial charge in [0.15, 0.2) is 5.96 Å². The molecule has 3 heterocycles. The third-order valence-electron chi connectivity index (χ3n) is 5.84. The SMILES string of the molecule is CN=C(NCc1ccc(N2CCOC(C)C2)nc1)N1CCN(c2ccccc2O)CC1. The van der Waals surface area contributed by atoms with Crippen molar-refractivity contribution in [3.05, 3.63) is 48.2 Å². The Kier molecular flexibility index (Phi) is 6.76. The summed E-state index contributed by atoms with van der Waals surface area (Å²) in [6, 6.07) is 11.7. The molecule has 1 unspecified atom stereocenters. The molecule has 2 aliphatic heterocycles. The van der Waals surface area contributed by atoms with E-state index in [2.05, 4.69) is 49.0 Å². The number of guanidine groups is 1. The summed E-state index contributed by atoms with van der Waals surface area (Å²) >= 11 is 0. The van der Waals surface area contributed by atoms with Gasteiger partial charge in [0.05, 0.1) is 18.4 Å². The van der Waals surface area contributed by atoms with Gasteiger partial charge >= 0.3 is 0 Å². The summed E-state index contributed by atoms with van der Waals surface area (Å²) in [6.07, 6.45) is 2.18. The number of pyridine rings is 1. The Morgan fingerprint density at radius 1 is 1.13 bits per heavy atom. The number of aliphatic imine (C=N–C) groups is 1. The second-order valence-corrected chi connectivity index (χ2v) is 8.02. The largest absolute Gasteiger partial charge is 0.506 e. The molecule has 0 amide bonds. The summed E-state index contributed by atoms with van der Waals surface area (Å²) in [5, 5.41) is 13.6. The first-order valence-corrected chi connectivity index (χ1v) is 10.9. The lowest BCUT2D eigenvalue weighted by Crippen LogP contribution is -2.52. The van der Waals surface area contributed by atoms with Crippen molar-refractivity contribution < 1.29 is 9.84 Å². The van der Waals surface area contributed by atoms with E-state index in [4.69, 9.17) is 4.74 Å². The number of hydrogen-bond donors (Lipinski definition) is 2. The number of ether oxygens (including phenoxy) is 1. The van der Waals surface area contributed by atoms with Gasteiger partial charge in [0.1, 0.15) is 11.6 Å². The molecule has 31 heavy (non-hydrogen) atoms. The topological polar surface area (TPSA) is 76.5 Å². The van der Waals surface area contributed by atoms with Crippen LogP contribution in [0.15, 0.2) is 47.6 Å². The van der Waals surface area contributed by atoms with Crippen molar-refractivity contribution in [2.45, 2.75) is 19.6 Å². The molecule has 2 N–H and O–H groups in total. The van der Waals surface area contributed by atoms with Gasteiger partial charge in [0.2, 0.25) is 0 Å². The molecule has 0 radical (unpaired) electrons. The molecule has 0 saturated carbocycles. The van der Waals surface area contributed by atoms with Crippen molar-refractivity contribution in [3.63, 3.8) is 0 Å². The maximum atomic E-state index is 10.1. The van der Waals surface area contributed by atoms with E-state index in [1.54, 1.807) is 6.07 Å². The van der Waals surface area contributed by atoms with Crippen LogP contribution in [-0.4, -0.2) is 80.0 Å². The van der Waals surface area contributed by atoms with Gasteiger partial charge in [-0.2, -0.15) is 0 Å². The van der Waals surface area contributed by atoms with Gasteiger partial charge in [-0.1, -0.05) is 18.2 Å².